The van der Waals surface area contributed by atoms with Crippen molar-refractivity contribution in [1.29, 1.82) is 0 Å². The van der Waals surface area contributed by atoms with Crippen molar-refractivity contribution in [2.24, 2.45) is 5.92 Å². The van der Waals surface area contributed by atoms with E-state index in [0.717, 1.165) is 24.8 Å². The highest BCUT2D eigenvalue weighted by molar-refractivity contribution is 7.89. The van der Waals surface area contributed by atoms with Gasteiger partial charge in [-0.2, -0.15) is 4.31 Å². The number of sulfonamides is 1. The number of carbonyl (C=O) groups excluding carboxylic acids is 2. The van der Waals surface area contributed by atoms with Gasteiger partial charge in [0.05, 0.1) is 11.4 Å². The number of piperidine rings is 1. The molecule has 0 bridgehead atoms. The maximum Gasteiger partial charge on any atom is 0.243 e. The average molecular weight is 418 g/mol. The van der Waals surface area contributed by atoms with Crippen molar-refractivity contribution in [3.05, 3.63) is 29.3 Å². The van der Waals surface area contributed by atoms with E-state index in [-0.39, 0.29) is 37.2 Å². The van der Waals surface area contributed by atoms with E-state index in [1.807, 2.05) is 12.1 Å². The maximum absolute atomic E-state index is 13.0. The second-order valence-corrected chi connectivity index (χ2v) is 9.42. The number of benzene rings is 1. The zero-order valence-corrected chi connectivity index (χ0v) is 17.3. The largest absolute Gasteiger partial charge is 0.355 e. The van der Waals surface area contributed by atoms with Gasteiger partial charge in [0.25, 0.3) is 0 Å². The number of amides is 2. The summed E-state index contributed by atoms with van der Waals surface area (Å²) in [6.07, 6.45) is 9.20. The molecule has 1 saturated heterocycles. The van der Waals surface area contributed by atoms with Crippen LogP contribution in [0.15, 0.2) is 23.1 Å². The fourth-order valence-corrected chi connectivity index (χ4v) is 5.42. The molecule has 1 heterocycles. The second kappa shape index (κ2) is 9.42. The highest BCUT2D eigenvalue weighted by Gasteiger charge is 2.32. The van der Waals surface area contributed by atoms with Crippen molar-refractivity contribution in [3.8, 4) is 12.3 Å². The molecule has 156 valence electrons. The molecule has 0 unspecified atom stereocenters. The first-order chi connectivity index (χ1) is 13.9. The molecule has 1 aromatic rings. The number of rotatable bonds is 7. The van der Waals surface area contributed by atoms with Gasteiger partial charge in [-0.05, 0) is 55.4 Å². The van der Waals surface area contributed by atoms with Crippen molar-refractivity contribution in [3.63, 3.8) is 0 Å². The van der Waals surface area contributed by atoms with Gasteiger partial charge in [-0.1, -0.05) is 12.0 Å². The van der Waals surface area contributed by atoms with Gasteiger partial charge in [0.15, 0.2) is 0 Å². The second-order valence-electron chi connectivity index (χ2n) is 7.48. The third-order valence-corrected chi connectivity index (χ3v) is 7.47. The summed E-state index contributed by atoms with van der Waals surface area (Å²) in [5.74, 6) is 1.73. The normalized spacial score (nSPS) is 17.3. The van der Waals surface area contributed by atoms with E-state index in [1.54, 1.807) is 6.07 Å². The number of terminal acetylenes is 1. The first kappa shape index (κ1) is 21.3. The summed E-state index contributed by atoms with van der Waals surface area (Å²) >= 11 is 0. The van der Waals surface area contributed by atoms with E-state index in [0.29, 0.717) is 30.8 Å². The Bertz CT molecular complexity index is 912. The minimum absolute atomic E-state index is 0.135. The lowest BCUT2D eigenvalue weighted by atomic mass is 9.97. The summed E-state index contributed by atoms with van der Waals surface area (Å²) in [4.78, 5) is 24.1. The van der Waals surface area contributed by atoms with Crippen LogP contribution in [-0.4, -0.2) is 50.7 Å². The number of aryl methyl sites for hydroxylation is 2. The van der Waals surface area contributed by atoms with Gasteiger partial charge in [0.2, 0.25) is 21.8 Å². The van der Waals surface area contributed by atoms with Crippen molar-refractivity contribution in [2.45, 2.75) is 43.4 Å². The molecule has 0 saturated carbocycles. The summed E-state index contributed by atoms with van der Waals surface area (Å²) in [7, 11) is -3.54. The van der Waals surface area contributed by atoms with E-state index in [2.05, 4.69) is 16.6 Å². The quantitative estimate of drug-likeness (QED) is 0.643. The molecule has 1 aliphatic carbocycles. The molecule has 2 amide bonds. The van der Waals surface area contributed by atoms with Gasteiger partial charge in [-0.25, -0.2) is 8.42 Å². The summed E-state index contributed by atoms with van der Waals surface area (Å²) in [5, 5.41) is 5.29. The maximum atomic E-state index is 13.0. The predicted octanol–water partition coefficient (Wildman–Crippen LogP) is 0.832. The van der Waals surface area contributed by atoms with Crippen LogP contribution in [0.5, 0.6) is 0 Å². The monoisotopic (exact) mass is 417 g/mol. The Kier molecular flexibility index (Phi) is 6.93. The lowest BCUT2D eigenvalue weighted by Gasteiger charge is -2.30. The Balaban J connectivity index is 1.49. The van der Waals surface area contributed by atoms with E-state index < -0.39 is 10.0 Å². The molecule has 3 rings (SSSR count). The van der Waals surface area contributed by atoms with Crippen molar-refractivity contribution >= 4 is 21.8 Å². The topological polar surface area (TPSA) is 95.6 Å². The molecule has 2 N–H and O–H groups in total. The Morgan fingerprint density at radius 1 is 1.14 bits per heavy atom. The van der Waals surface area contributed by atoms with E-state index >= 15 is 0 Å². The SMILES string of the molecule is C#CCNC(=O)CCNC(=O)C1CCN(S(=O)(=O)c2ccc3c(c2)CCC3)CC1. The van der Waals surface area contributed by atoms with Crippen LogP contribution in [0, 0.1) is 18.3 Å². The molecule has 29 heavy (non-hydrogen) atoms. The zero-order chi connectivity index (χ0) is 20.9. The molecule has 0 radical (unpaired) electrons. The first-order valence-corrected chi connectivity index (χ1v) is 11.5. The molecule has 8 heteroatoms. The third kappa shape index (κ3) is 5.17. The minimum Gasteiger partial charge on any atom is -0.355 e. The first-order valence-electron chi connectivity index (χ1n) is 10.0. The third-order valence-electron chi connectivity index (χ3n) is 5.57. The molecule has 0 aromatic heterocycles. The Hall–Kier alpha value is -2.37. The van der Waals surface area contributed by atoms with Gasteiger partial charge in [-0.15, -0.1) is 6.42 Å². The number of hydrogen-bond donors (Lipinski definition) is 2. The summed E-state index contributed by atoms with van der Waals surface area (Å²) in [5.41, 5.74) is 2.37. The fourth-order valence-electron chi connectivity index (χ4n) is 3.90. The minimum atomic E-state index is -3.54. The Morgan fingerprint density at radius 2 is 1.86 bits per heavy atom. The van der Waals surface area contributed by atoms with Crippen molar-refractivity contribution in [1.82, 2.24) is 14.9 Å². The molecular weight excluding hydrogens is 390 g/mol. The molecule has 1 fully saturated rings. The molecule has 0 atom stereocenters. The number of carbonyl (C=O) groups is 2. The lowest BCUT2D eigenvalue weighted by molar-refractivity contribution is -0.126. The van der Waals surface area contributed by atoms with Gasteiger partial charge < -0.3 is 10.6 Å². The Labute approximate surface area is 172 Å². The van der Waals surface area contributed by atoms with Crippen LogP contribution in [0.25, 0.3) is 0 Å². The molecular formula is C21H27N3O4S. The van der Waals surface area contributed by atoms with Crippen LogP contribution in [-0.2, 0) is 32.5 Å². The highest BCUT2D eigenvalue weighted by atomic mass is 32.2. The van der Waals surface area contributed by atoms with Crippen LogP contribution in [0.2, 0.25) is 0 Å². The smallest absolute Gasteiger partial charge is 0.243 e. The molecule has 2 aliphatic rings. The zero-order valence-electron chi connectivity index (χ0n) is 16.4. The van der Waals surface area contributed by atoms with E-state index in [4.69, 9.17) is 6.42 Å². The van der Waals surface area contributed by atoms with Gasteiger partial charge in [0, 0.05) is 32.0 Å². The average Bonchev–Trinajstić information content (AvgIpc) is 3.20. The molecule has 0 spiro atoms. The standard InChI is InChI=1S/C21H27N3O4S/c1-2-11-22-20(25)8-12-23-21(26)17-9-13-24(14-10-17)29(27,28)19-7-6-16-4-3-5-18(16)15-19/h1,6-7,15,17H,3-5,8-14H2,(H,22,25)(H,23,26). The molecule has 7 nitrogen and oxygen atoms in total. The predicted molar refractivity (Wildman–Crippen MR) is 109 cm³/mol. The molecule has 1 aliphatic heterocycles. The van der Waals surface area contributed by atoms with Crippen LogP contribution >= 0.6 is 0 Å². The van der Waals surface area contributed by atoms with E-state index in [1.165, 1.54) is 9.87 Å². The van der Waals surface area contributed by atoms with Crippen LogP contribution in [0.4, 0.5) is 0 Å². The van der Waals surface area contributed by atoms with Crippen LogP contribution < -0.4 is 10.6 Å². The number of fused-ring (bicyclic) bond motifs is 1. The van der Waals surface area contributed by atoms with Crippen molar-refractivity contribution in [2.75, 3.05) is 26.2 Å². The highest BCUT2D eigenvalue weighted by Crippen LogP contribution is 2.28. The number of nitrogens with zero attached hydrogens (tertiary/aromatic N) is 1. The van der Waals surface area contributed by atoms with Gasteiger partial charge in [0.1, 0.15) is 0 Å². The lowest BCUT2D eigenvalue weighted by Crippen LogP contribution is -2.43. The van der Waals surface area contributed by atoms with Crippen molar-refractivity contribution < 1.29 is 18.0 Å². The van der Waals surface area contributed by atoms with Gasteiger partial charge in [-0.3, -0.25) is 9.59 Å². The molecule has 1 aromatic carbocycles. The number of hydrogen-bond acceptors (Lipinski definition) is 4. The summed E-state index contributed by atoms with van der Waals surface area (Å²) in [6.45, 7) is 1.05. The van der Waals surface area contributed by atoms with Crippen LogP contribution in [0.3, 0.4) is 0 Å². The summed E-state index contributed by atoms with van der Waals surface area (Å²) in [6, 6.07) is 5.43. The van der Waals surface area contributed by atoms with Crippen LogP contribution in [0.1, 0.15) is 36.8 Å². The number of nitrogens with one attached hydrogen (secondary N) is 2. The fraction of sp³-hybridized carbons (Fsp3) is 0.524. The summed E-state index contributed by atoms with van der Waals surface area (Å²) < 4.78 is 27.4. The van der Waals surface area contributed by atoms with Gasteiger partial charge >= 0.3 is 0 Å². The Morgan fingerprint density at radius 3 is 2.59 bits per heavy atom. The van der Waals surface area contributed by atoms with E-state index in [9.17, 15) is 18.0 Å².